The third kappa shape index (κ3) is 3.75. The van der Waals surface area contributed by atoms with Crippen molar-refractivity contribution in [1.82, 2.24) is 0 Å². The van der Waals surface area contributed by atoms with Crippen LogP contribution in [0.25, 0.3) is 0 Å². The zero-order valence-electron chi connectivity index (χ0n) is 8.33. The van der Waals surface area contributed by atoms with E-state index < -0.39 is 0 Å². The summed E-state index contributed by atoms with van der Waals surface area (Å²) >= 11 is 3.11. The van der Waals surface area contributed by atoms with Crippen molar-refractivity contribution >= 4 is 21.9 Å². The fourth-order valence-electron chi connectivity index (χ4n) is 0.954. The first kappa shape index (κ1) is 11.8. The van der Waals surface area contributed by atoms with Crippen LogP contribution in [-0.4, -0.2) is 19.7 Å². The second-order valence-corrected chi connectivity index (χ2v) is 3.94. The molecular weight excluding hydrogens is 260 g/mol. The first-order chi connectivity index (χ1) is 7.13. The van der Waals surface area contributed by atoms with E-state index in [9.17, 15) is 4.79 Å². The van der Waals surface area contributed by atoms with Gasteiger partial charge in [0.25, 0.3) is 0 Å². The predicted molar refractivity (Wildman–Crippen MR) is 61.3 cm³/mol. The molecule has 0 aliphatic carbocycles. The van der Waals surface area contributed by atoms with Crippen LogP contribution >= 0.6 is 15.9 Å². The van der Waals surface area contributed by atoms with Crippen LogP contribution < -0.4 is 4.74 Å². The molecule has 0 N–H and O–H groups in total. The normalized spacial score (nSPS) is 9.47. The highest BCUT2D eigenvalue weighted by atomic mass is 79.9. The Balaban J connectivity index is 2.62. The summed E-state index contributed by atoms with van der Waals surface area (Å²) in [6.07, 6.45) is 0. The summed E-state index contributed by atoms with van der Waals surface area (Å²) < 4.78 is 10.5. The minimum Gasteiger partial charge on any atom is -0.497 e. The fraction of sp³-hybridized carbons (Fsp3) is 0.182. The number of hydrogen-bond acceptors (Lipinski definition) is 3. The molecule has 0 aliphatic heterocycles. The molecule has 0 aliphatic rings. The van der Waals surface area contributed by atoms with Gasteiger partial charge in [-0.15, -0.1) is 0 Å². The standard InChI is InChI=1S/C11H11BrO3/c1-8(12)7-15-11(13)9-3-5-10(14-2)6-4-9/h3-6H,1,7H2,2H3. The maximum atomic E-state index is 11.4. The maximum Gasteiger partial charge on any atom is 0.338 e. The van der Waals surface area contributed by atoms with Gasteiger partial charge in [-0.25, -0.2) is 4.79 Å². The molecule has 0 heterocycles. The first-order valence-corrected chi connectivity index (χ1v) is 5.07. The van der Waals surface area contributed by atoms with Gasteiger partial charge in [0.1, 0.15) is 12.4 Å². The number of methoxy groups -OCH3 is 1. The molecule has 80 valence electrons. The quantitative estimate of drug-likeness (QED) is 0.790. The van der Waals surface area contributed by atoms with Gasteiger partial charge in [0, 0.05) is 4.48 Å². The Morgan fingerprint density at radius 1 is 1.40 bits per heavy atom. The van der Waals surface area contributed by atoms with Gasteiger partial charge in [-0.05, 0) is 24.3 Å². The molecule has 3 nitrogen and oxygen atoms in total. The average molecular weight is 271 g/mol. The number of esters is 1. The summed E-state index contributed by atoms with van der Waals surface area (Å²) in [4.78, 5) is 11.4. The van der Waals surface area contributed by atoms with E-state index in [2.05, 4.69) is 22.5 Å². The molecule has 1 aromatic rings. The van der Waals surface area contributed by atoms with E-state index in [1.807, 2.05) is 0 Å². The Hall–Kier alpha value is -1.29. The predicted octanol–water partition coefficient (Wildman–Crippen LogP) is 2.76. The van der Waals surface area contributed by atoms with Crippen LogP contribution in [0.15, 0.2) is 35.3 Å². The Kier molecular flexibility index (Phi) is 4.37. The van der Waals surface area contributed by atoms with Crippen molar-refractivity contribution in [2.45, 2.75) is 0 Å². The second kappa shape index (κ2) is 5.56. The van der Waals surface area contributed by atoms with E-state index >= 15 is 0 Å². The van der Waals surface area contributed by atoms with Crippen LogP contribution in [0.1, 0.15) is 10.4 Å². The number of halogens is 1. The molecule has 4 heteroatoms. The second-order valence-electron chi connectivity index (χ2n) is 2.82. The number of benzene rings is 1. The molecule has 0 fully saturated rings. The van der Waals surface area contributed by atoms with Gasteiger partial charge < -0.3 is 9.47 Å². The lowest BCUT2D eigenvalue weighted by Gasteiger charge is -2.04. The lowest BCUT2D eigenvalue weighted by Crippen LogP contribution is -2.05. The maximum absolute atomic E-state index is 11.4. The van der Waals surface area contributed by atoms with E-state index in [0.717, 1.165) is 0 Å². The highest BCUT2D eigenvalue weighted by Crippen LogP contribution is 2.12. The number of carbonyl (C=O) groups is 1. The molecule has 0 spiro atoms. The van der Waals surface area contributed by atoms with Gasteiger partial charge >= 0.3 is 5.97 Å². The third-order valence-electron chi connectivity index (χ3n) is 1.69. The number of carbonyl (C=O) groups excluding carboxylic acids is 1. The van der Waals surface area contributed by atoms with Gasteiger partial charge in [0.05, 0.1) is 12.7 Å². The third-order valence-corrected chi connectivity index (χ3v) is 1.91. The molecule has 0 radical (unpaired) electrons. The summed E-state index contributed by atoms with van der Waals surface area (Å²) in [5.41, 5.74) is 0.490. The Bertz CT molecular complexity index is 357. The largest absolute Gasteiger partial charge is 0.497 e. The van der Waals surface area contributed by atoms with Crippen LogP contribution in [0.5, 0.6) is 5.75 Å². The molecule has 0 saturated heterocycles. The highest BCUT2D eigenvalue weighted by molar-refractivity contribution is 9.11. The molecule has 0 amide bonds. The van der Waals surface area contributed by atoms with Crippen molar-refractivity contribution in [3.63, 3.8) is 0 Å². The van der Waals surface area contributed by atoms with E-state index in [-0.39, 0.29) is 12.6 Å². The van der Waals surface area contributed by atoms with Crippen LogP contribution in [-0.2, 0) is 4.74 Å². The van der Waals surface area contributed by atoms with Crippen LogP contribution in [0, 0.1) is 0 Å². The first-order valence-electron chi connectivity index (χ1n) is 4.28. The summed E-state index contributed by atoms with van der Waals surface area (Å²) in [7, 11) is 1.57. The summed E-state index contributed by atoms with van der Waals surface area (Å²) in [6.45, 7) is 3.74. The van der Waals surface area contributed by atoms with Gasteiger partial charge in [0.2, 0.25) is 0 Å². The van der Waals surface area contributed by atoms with Crippen LogP contribution in [0.4, 0.5) is 0 Å². The summed E-state index contributed by atoms with van der Waals surface area (Å²) in [5.74, 6) is 0.328. The Morgan fingerprint density at radius 3 is 2.47 bits per heavy atom. The monoisotopic (exact) mass is 270 g/mol. The van der Waals surface area contributed by atoms with E-state index in [1.54, 1.807) is 31.4 Å². The Morgan fingerprint density at radius 2 is 2.00 bits per heavy atom. The molecule has 1 aromatic carbocycles. The average Bonchev–Trinajstić information content (AvgIpc) is 2.26. The van der Waals surface area contributed by atoms with Crippen molar-refractivity contribution in [3.8, 4) is 5.75 Å². The van der Waals surface area contributed by atoms with Gasteiger partial charge in [-0.1, -0.05) is 22.5 Å². The summed E-state index contributed by atoms with van der Waals surface area (Å²) in [6, 6.07) is 6.72. The number of ether oxygens (including phenoxy) is 2. The lowest BCUT2D eigenvalue weighted by atomic mass is 10.2. The zero-order valence-corrected chi connectivity index (χ0v) is 9.91. The lowest BCUT2D eigenvalue weighted by molar-refractivity contribution is 0.0547. The minimum absolute atomic E-state index is 0.171. The number of hydrogen-bond donors (Lipinski definition) is 0. The SMILES string of the molecule is C=C(Br)COC(=O)c1ccc(OC)cc1. The van der Waals surface area contributed by atoms with Crippen molar-refractivity contribution in [2.75, 3.05) is 13.7 Å². The van der Waals surface area contributed by atoms with Crippen molar-refractivity contribution in [3.05, 3.63) is 40.9 Å². The Labute approximate surface area is 96.8 Å². The van der Waals surface area contributed by atoms with Gasteiger partial charge in [-0.3, -0.25) is 0 Å². The van der Waals surface area contributed by atoms with Gasteiger partial charge in [0.15, 0.2) is 0 Å². The van der Waals surface area contributed by atoms with Crippen molar-refractivity contribution in [1.29, 1.82) is 0 Å². The van der Waals surface area contributed by atoms with Crippen molar-refractivity contribution < 1.29 is 14.3 Å². The van der Waals surface area contributed by atoms with Crippen molar-refractivity contribution in [2.24, 2.45) is 0 Å². The van der Waals surface area contributed by atoms with Gasteiger partial charge in [-0.2, -0.15) is 0 Å². The minimum atomic E-state index is -0.377. The fourth-order valence-corrected chi connectivity index (χ4v) is 1.07. The number of rotatable bonds is 4. The molecule has 0 unspecified atom stereocenters. The van der Waals surface area contributed by atoms with E-state index in [1.165, 1.54) is 0 Å². The van der Waals surface area contributed by atoms with Crippen LogP contribution in [0.3, 0.4) is 0 Å². The molecule has 0 saturated carbocycles. The van der Waals surface area contributed by atoms with Crippen LogP contribution in [0.2, 0.25) is 0 Å². The van der Waals surface area contributed by atoms with E-state index in [0.29, 0.717) is 15.8 Å². The summed E-state index contributed by atoms with van der Waals surface area (Å²) in [5, 5.41) is 0. The molecule has 0 bridgehead atoms. The molecule has 15 heavy (non-hydrogen) atoms. The topological polar surface area (TPSA) is 35.5 Å². The molecule has 1 rings (SSSR count). The molecule has 0 atom stereocenters. The zero-order chi connectivity index (χ0) is 11.3. The smallest absolute Gasteiger partial charge is 0.338 e. The molecular formula is C11H11BrO3. The highest BCUT2D eigenvalue weighted by Gasteiger charge is 2.06. The molecule has 0 aromatic heterocycles. The van der Waals surface area contributed by atoms with E-state index in [4.69, 9.17) is 9.47 Å².